The second kappa shape index (κ2) is 8.14. The highest BCUT2D eigenvalue weighted by molar-refractivity contribution is 14.1. The van der Waals surface area contributed by atoms with Crippen molar-refractivity contribution in [1.29, 1.82) is 0 Å². The van der Waals surface area contributed by atoms with Crippen LogP contribution in [0.4, 0.5) is 11.5 Å². The van der Waals surface area contributed by atoms with Gasteiger partial charge in [-0.05, 0) is 70.9 Å². The van der Waals surface area contributed by atoms with Crippen LogP contribution in [0.25, 0.3) is 11.0 Å². The minimum atomic E-state index is -3.87. The van der Waals surface area contributed by atoms with Crippen molar-refractivity contribution in [3.05, 3.63) is 74.7 Å². The molecule has 0 aliphatic rings. The van der Waals surface area contributed by atoms with E-state index < -0.39 is 10.0 Å². The van der Waals surface area contributed by atoms with Crippen molar-refractivity contribution >= 4 is 66.8 Å². The highest BCUT2D eigenvalue weighted by atomic mass is 127. The summed E-state index contributed by atoms with van der Waals surface area (Å²) in [5.74, 6) is 0.393. The standard InChI is InChI=1S/C20H16ClIN4O3S/c1-12-2-8-15(9-3-12)30(28,29)26-10-16(22)17-18(24-20(21)25-19(17)26)23-14-6-4-13(11-27)5-7-14/h2-10,27H,11H2,1H3,(H,23,24,25). The fourth-order valence-corrected chi connectivity index (χ4v) is 5.40. The van der Waals surface area contributed by atoms with Crippen LogP contribution in [-0.4, -0.2) is 27.5 Å². The van der Waals surface area contributed by atoms with Crippen LogP contribution in [0.1, 0.15) is 11.1 Å². The fourth-order valence-electron chi connectivity index (χ4n) is 2.96. The largest absolute Gasteiger partial charge is 0.392 e. The van der Waals surface area contributed by atoms with Crippen LogP contribution in [0.15, 0.2) is 59.6 Å². The number of hydrogen-bond acceptors (Lipinski definition) is 6. The fraction of sp³-hybridized carbons (Fsp3) is 0.100. The molecule has 7 nitrogen and oxygen atoms in total. The summed E-state index contributed by atoms with van der Waals surface area (Å²) in [6.45, 7) is 1.84. The minimum absolute atomic E-state index is 0.0541. The molecule has 30 heavy (non-hydrogen) atoms. The quantitative estimate of drug-likeness (QED) is 0.279. The van der Waals surface area contributed by atoms with Crippen LogP contribution in [0.3, 0.4) is 0 Å². The molecule has 2 heterocycles. The molecule has 0 spiro atoms. The summed E-state index contributed by atoms with van der Waals surface area (Å²) in [5.41, 5.74) is 2.64. The van der Waals surface area contributed by atoms with E-state index in [0.717, 1.165) is 15.1 Å². The molecular weight excluding hydrogens is 539 g/mol. The molecule has 0 radical (unpaired) electrons. The predicted octanol–water partition coefficient (Wildman–Crippen LogP) is 4.47. The number of aliphatic hydroxyl groups excluding tert-OH is 1. The maximum Gasteiger partial charge on any atom is 0.269 e. The molecule has 0 bridgehead atoms. The van der Waals surface area contributed by atoms with E-state index in [0.29, 0.717) is 20.5 Å². The van der Waals surface area contributed by atoms with Gasteiger partial charge in [0.25, 0.3) is 10.0 Å². The number of nitrogens with one attached hydrogen (secondary N) is 1. The monoisotopic (exact) mass is 554 g/mol. The summed E-state index contributed by atoms with van der Waals surface area (Å²) in [4.78, 5) is 8.61. The topological polar surface area (TPSA) is 97.1 Å². The van der Waals surface area contributed by atoms with Gasteiger partial charge in [0.15, 0.2) is 5.65 Å². The number of benzene rings is 2. The van der Waals surface area contributed by atoms with Crippen LogP contribution >= 0.6 is 34.2 Å². The number of aromatic nitrogens is 3. The van der Waals surface area contributed by atoms with Crippen molar-refractivity contribution in [3.63, 3.8) is 0 Å². The highest BCUT2D eigenvalue weighted by Gasteiger charge is 2.24. The zero-order valence-electron chi connectivity index (χ0n) is 15.7. The Balaban J connectivity index is 1.85. The number of halogens is 2. The second-order valence-corrected chi connectivity index (χ2v) is 9.93. The van der Waals surface area contributed by atoms with Gasteiger partial charge in [-0.15, -0.1) is 0 Å². The normalized spacial score (nSPS) is 11.7. The Bertz CT molecular complexity index is 1340. The number of fused-ring (bicyclic) bond motifs is 1. The van der Waals surface area contributed by atoms with Gasteiger partial charge in [0.2, 0.25) is 5.28 Å². The van der Waals surface area contributed by atoms with Crippen molar-refractivity contribution in [2.24, 2.45) is 0 Å². The molecule has 2 N–H and O–H groups in total. The first-order valence-electron chi connectivity index (χ1n) is 8.83. The molecule has 4 rings (SSSR count). The summed E-state index contributed by atoms with van der Waals surface area (Å²) in [7, 11) is -3.87. The maximum atomic E-state index is 13.2. The summed E-state index contributed by atoms with van der Waals surface area (Å²) in [6.07, 6.45) is 1.51. The van der Waals surface area contributed by atoms with Gasteiger partial charge >= 0.3 is 0 Å². The predicted molar refractivity (Wildman–Crippen MR) is 125 cm³/mol. The number of aryl methyl sites for hydroxylation is 1. The molecule has 0 atom stereocenters. The minimum Gasteiger partial charge on any atom is -0.392 e. The van der Waals surface area contributed by atoms with E-state index in [-0.39, 0.29) is 22.4 Å². The Kier molecular flexibility index (Phi) is 5.71. The molecule has 0 saturated heterocycles. The Labute approximate surface area is 191 Å². The lowest BCUT2D eigenvalue weighted by molar-refractivity contribution is 0.282. The van der Waals surface area contributed by atoms with Gasteiger partial charge in [0, 0.05) is 15.5 Å². The van der Waals surface area contributed by atoms with E-state index in [2.05, 4.69) is 37.9 Å². The molecule has 2 aromatic heterocycles. The zero-order chi connectivity index (χ0) is 21.5. The lowest BCUT2D eigenvalue weighted by atomic mass is 10.2. The van der Waals surface area contributed by atoms with Crippen molar-refractivity contribution in [3.8, 4) is 0 Å². The second-order valence-electron chi connectivity index (χ2n) is 6.61. The van der Waals surface area contributed by atoms with E-state index >= 15 is 0 Å². The number of anilines is 2. The SMILES string of the molecule is Cc1ccc(S(=O)(=O)n2cc(I)c3c(Nc4ccc(CO)cc4)nc(Cl)nc32)cc1. The molecule has 0 unspecified atom stereocenters. The first kappa shape index (κ1) is 21.0. The average molecular weight is 555 g/mol. The van der Waals surface area contributed by atoms with Gasteiger partial charge in [-0.2, -0.15) is 9.97 Å². The first-order chi connectivity index (χ1) is 14.3. The summed E-state index contributed by atoms with van der Waals surface area (Å²) in [5, 5.41) is 12.8. The van der Waals surface area contributed by atoms with Gasteiger partial charge < -0.3 is 10.4 Å². The van der Waals surface area contributed by atoms with Gasteiger partial charge in [0.05, 0.1) is 16.9 Å². The third kappa shape index (κ3) is 3.89. The molecule has 10 heteroatoms. The molecule has 0 saturated carbocycles. The lowest BCUT2D eigenvalue weighted by Gasteiger charge is -2.10. The number of nitrogens with zero attached hydrogens (tertiary/aromatic N) is 3. The van der Waals surface area contributed by atoms with Crippen molar-refractivity contribution in [2.75, 3.05) is 5.32 Å². The van der Waals surface area contributed by atoms with E-state index in [1.807, 2.05) is 6.92 Å². The van der Waals surface area contributed by atoms with E-state index in [4.69, 9.17) is 11.6 Å². The molecule has 0 fully saturated rings. The smallest absolute Gasteiger partial charge is 0.269 e. The molecule has 0 aliphatic carbocycles. The summed E-state index contributed by atoms with van der Waals surface area (Å²) >= 11 is 8.18. The van der Waals surface area contributed by atoms with Crippen LogP contribution in [0, 0.1) is 10.5 Å². The van der Waals surface area contributed by atoms with Crippen LogP contribution < -0.4 is 5.32 Å². The molecule has 0 aliphatic heterocycles. The number of rotatable bonds is 5. The summed E-state index contributed by atoms with van der Waals surface area (Å²) in [6, 6.07) is 13.8. The van der Waals surface area contributed by atoms with E-state index in [9.17, 15) is 13.5 Å². The van der Waals surface area contributed by atoms with Gasteiger partial charge in [0.1, 0.15) is 5.82 Å². The molecule has 0 amide bonds. The molecular formula is C20H16ClIN4O3S. The van der Waals surface area contributed by atoms with E-state index in [1.165, 1.54) is 6.20 Å². The van der Waals surface area contributed by atoms with Crippen molar-refractivity contribution < 1.29 is 13.5 Å². The number of aliphatic hydroxyl groups is 1. The Morgan fingerprint density at radius 2 is 1.77 bits per heavy atom. The van der Waals surface area contributed by atoms with Gasteiger partial charge in [-0.25, -0.2) is 12.4 Å². The number of hydrogen-bond donors (Lipinski definition) is 2. The molecule has 4 aromatic rings. The summed E-state index contributed by atoms with van der Waals surface area (Å²) < 4.78 is 28.3. The Morgan fingerprint density at radius 3 is 2.40 bits per heavy atom. The maximum absolute atomic E-state index is 13.2. The van der Waals surface area contributed by atoms with Gasteiger partial charge in [-0.3, -0.25) is 0 Å². The van der Waals surface area contributed by atoms with Crippen LogP contribution in [0.2, 0.25) is 5.28 Å². The average Bonchev–Trinajstić information content (AvgIpc) is 3.06. The highest BCUT2D eigenvalue weighted by Crippen LogP contribution is 2.33. The Hall–Kier alpha value is -2.21. The first-order valence-corrected chi connectivity index (χ1v) is 11.7. The third-order valence-corrected chi connectivity index (χ3v) is 7.17. The Morgan fingerprint density at radius 1 is 1.10 bits per heavy atom. The van der Waals surface area contributed by atoms with Crippen LogP contribution in [-0.2, 0) is 16.6 Å². The molecule has 154 valence electrons. The van der Waals surface area contributed by atoms with Crippen LogP contribution in [0.5, 0.6) is 0 Å². The third-order valence-electron chi connectivity index (χ3n) is 4.52. The lowest BCUT2D eigenvalue weighted by Crippen LogP contribution is -2.13. The van der Waals surface area contributed by atoms with E-state index in [1.54, 1.807) is 48.5 Å². The van der Waals surface area contributed by atoms with Crippen molar-refractivity contribution in [1.82, 2.24) is 13.9 Å². The zero-order valence-corrected chi connectivity index (χ0v) is 19.4. The molecule has 2 aromatic carbocycles. The van der Waals surface area contributed by atoms with Gasteiger partial charge in [-0.1, -0.05) is 29.8 Å². The van der Waals surface area contributed by atoms with Crippen molar-refractivity contribution in [2.45, 2.75) is 18.4 Å².